The Morgan fingerprint density at radius 1 is 1.11 bits per heavy atom. The molecule has 0 N–H and O–H groups in total. The molecular weight excluding hydrogens is 468 g/mol. The maximum atomic E-state index is 12.9. The summed E-state index contributed by atoms with van der Waals surface area (Å²) in [7, 11) is 1.68. The van der Waals surface area contributed by atoms with Crippen molar-refractivity contribution in [1.29, 1.82) is 0 Å². The van der Waals surface area contributed by atoms with Crippen LogP contribution in [0.4, 0.5) is 14.5 Å². The highest BCUT2D eigenvalue weighted by Crippen LogP contribution is 2.19. The van der Waals surface area contributed by atoms with Gasteiger partial charge in [0.05, 0.1) is 6.20 Å². The maximum absolute atomic E-state index is 12.9. The Morgan fingerprint density at radius 2 is 1.89 bits per heavy atom. The second-order valence-electron chi connectivity index (χ2n) is 8.01. The van der Waals surface area contributed by atoms with Crippen LogP contribution < -0.4 is 9.64 Å². The van der Waals surface area contributed by atoms with Gasteiger partial charge in [-0.1, -0.05) is 29.5 Å². The number of carbonyl (C=O) groups is 1. The third-order valence-electron chi connectivity index (χ3n) is 5.47. The van der Waals surface area contributed by atoms with Crippen LogP contribution in [0.15, 0.2) is 71.6 Å². The van der Waals surface area contributed by atoms with Gasteiger partial charge in [-0.15, -0.1) is 5.10 Å². The molecule has 0 aliphatic heterocycles. The highest BCUT2D eigenvalue weighted by molar-refractivity contribution is 6.04. The van der Waals surface area contributed by atoms with E-state index >= 15 is 0 Å². The minimum atomic E-state index is -2.87. The van der Waals surface area contributed by atoms with E-state index in [4.69, 9.17) is 4.42 Å². The molecule has 36 heavy (non-hydrogen) atoms. The fourth-order valence-corrected chi connectivity index (χ4v) is 3.52. The Labute approximate surface area is 206 Å². The van der Waals surface area contributed by atoms with Gasteiger partial charge >= 0.3 is 6.61 Å². The molecule has 186 valence electrons. The van der Waals surface area contributed by atoms with Crippen molar-refractivity contribution in [2.75, 3.05) is 11.9 Å². The fourth-order valence-electron chi connectivity index (χ4n) is 3.52. The number of amides is 1. The third-order valence-corrected chi connectivity index (χ3v) is 5.47. The summed E-state index contributed by atoms with van der Waals surface area (Å²) in [6, 6.07) is 14.0. The summed E-state index contributed by atoms with van der Waals surface area (Å²) in [5.74, 6) is 0.0266. The smallest absolute Gasteiger partial charge is 0.387 e. The highest BCUT2D eigenvalue weighted by Gasteiger charge is 2.17. The molecule has 0 atom stereocenters. The van der Waals surface area contributed by atoms with Gasteiger partial charge in [0.15, 0.2) is 5.69 Å². The Morgan fingerprint density at radius 3 is 2.58 bits per heavy atom. The van der Waals surface area contributed by atoms with Gasteiger partial charge in [-0.2, -0.15) is 8.78 Å². The number of aromatic nitrogens is 4. The normalized spacial score (nSPS) is 11.3. The Bertz CT molecular complexity index is 1270. The number of benzene rings is 2. The summed E-state index contributed by atoms with van der Waals surface area (Å²) >= 11 is 0. The van der Waals surface area contributed by atoms with Crippen molar-refractivity contribution in [2.45, 2.75) is 32.4 Å². The van der Waals surface area contributed by atoms with Crippen molar-refractivity contribution in [3.05, 3.63) is 89.9 Å². The number of ether oxygens (including phenoxy) is 1. The molecule has 10 heteroatoms. The van der Waals surface area contributed by atoms with E-state index in [9.17, 15) is 13.6 Å². The van der Waals surface area contributed by atoms with Crippen LogP contribution in [0.3, 0.4) is 0 Å². The summed E-state index contributed by atoms with van der Waals surface area (Å²) in [5, 5.41) is 7.76. The second kappa shape index (κ2) is 11.9. The molecule has 0 spiro atoms. The SMILES string of the molecule is CN(C(=O)c1coc(/C=C/c2ccc(OC(F)F)cc2)n1)c1ccc(CCCCn2ccnn2)cc1. The van der Waals surface area contributed by atoms with Gasteiger partial charge in [0, 0.05) is 31.6 Å². The Kier molecular flexibility index (Phi) is 8.17. The molecule has 0 fully saturated rings. The first kappa shape index (κ1) is 24.8. The molecule has 0 saturated heterocycles. The van der Waals surface area contributed by atoms with Crippen LogP contribution in [-0.4, -0.2) is 39.5 Å². The van der Waals surface area contributed by atoms with Gasteiger partial charge in [0.25, 0.3) is 5.91 Å². The second-order valence-corrected chi connectivity index (χ2v) is 8.01. The average molecular weight is 494 g/mol. The first-order valence-electron chi connectivity index (χ1n) is 11.4. The zero-order valence-corrected chi connectivity index (χ0v) is 19.6. The number of aryl methyl sites for hydroxylation is 2. The lowest BCUT2D eigenvalue weighted by atomic mass is 10.1. The molecule has 4 aromatic rings. The monoisotopic (exact) mass is 493 g/mol. The standard InChI is InChI=1S/C26H25F2N5O3/c1-32(21-10-5-19(6-11-21)4-2-3-16-33-17-15-29-31-33)25(34)23-18-35-24(30-23)14-9-20-7-12-22(13-8-20)36-26(27)28/h5-15,17-18,26H,2-4,16H2,1H3/b14-9+. The number of rotatable bonds is 11. The van der Waals surface area contributed by atoms with Crippen molar-refractivity contribution in [3.63, 3.8) is 0 Å². The summed E-state index contributed by atoms with van der Waals surface area (Å²) in [6.45, 7) is -2.03. The molecule has 0 unspecified atom stereocenters. The van der Waals surface area contributed by atoms with Crippen LogP contribution in [-0.2, 0) is 13.0 Å². The molecule has 2 aromatic carbocycles. The first-order chi connectivity index (χ1) is 17.5. The lowest BCUT2D eigenvalue weighted by molar-refractivity contribution is -0.0498. The Balaban J connectivity index is 1.29. The molecule has 1 amide bonds. The zero-order valence-electron chi connectivity index (χ0n) is 19.6. The van der Waals surface area contributed by atoms with Gasteiger partial charge in [-0.3, -0.25) is 9.48 Å². The van der Waals surface area contributed by atoms with Crippen LogP contribution in [0, 0.1) is 0 Å². The predicted molar refractivity (Wildman–Crippen MR) is 131 cm³/mol. The number of unbranched alkanes of at least 4 members (excludes halogenated alkanes) is 1. The van der Waals surface area contributed by atoms with Crippen molar-refractivity contribution >= 4 is 23.7 Å². The lowest BCUT2D eigenvalue weighted by Crippen LogP contribution is -2.26. The van der Waals surface area contributed by atoms with Crippen LogP contribution in [0.5, 0.6) is 5.75 Å². The molecule has 2 heterocycles. The largest absolute Gasteiger partial charge is 0.444 e. The van der Waals surface area contributed by atoms with Crippen molar-refractivity contribution in [2.24, 2.45) is 0 Å². The van der Waals surface area contributed by atoms with E-state index in [1.165, 1.54) is 28.9 Å². The summed E-state index contributed by atoms with van der Waals surface area (Å²) in [4.78, 5) is 18.6. The van der Waals surface area contributed by atoms with Crippen LogP contribution in [0.25, 0.3) is 12.2 Å². The van der Waals surface area contributed by atoms with E-state index in [-0.39, 0.29) is 23.2 Å². The van der Waals surface area contributed by atoms with Crippen molar-refractivity contribution in [3.8, 4) is 5.75 Å². The third kappa shape index (κ3) is 6.84. The quantitative estimate of drug-likeness (QED) is 0.262. The number of carbonyl (C=O) groups excluding carboxylic acids is 1. The molecule has 8 nitrogen and oxygen atoms in total. The van der Waals surface area contributed by atoms with E-state index < -0.39 is 6.61 Å². The van der Waals surface area contributed by atoms with Gasteiger partial charge in [-0.25, -0.2) is 4.98 Å². The summed E-state index contributed by atoms with van der Waals surface area (Å²) in [5.41, 5.74) is 2.85. The summed E-state index contributed by atoms with van der Waals surface area (Å²) in [6.07, 6.45) is 11.1. The number of halogens is 2. The fraction of sp³-hybridized carbons (Fsp3) is 0.231. The number of alkyl halides is 2. The predicted octanol–water partition coefficient (Wildman–Crippen LogP) is 5.34. The number of anilines is 1. The number of oxazole rings is 1. The highest BCUT2D eigenvalue weighted by atomic mass is 19.3. The first-order valence-corrected chi connectivity index (χ1v) is 11.4. The van der Waals surface area contributed by atoms with Crippen molar-refractivity contribution < 1.29 is 22.7 Å². The molecule has 4 rings (SSSR count). The minimum absolute atomic E-state index is 0.0744. The van der Waals surface area contributed by atoms with Gasteiger partial charge in [0.1, 0.15) is 12.0 Å². The van der Waals surface area contributed by atoms with Crippen molar-refractivity contribution in [1.82, 2.24) is 20.0 Å². The van der Waals surface area contributed by atoms with E-state index in [0.717, 1.165) is 37.1 Å². The van der Waals surface area contributed by atoms with Crippen LogP contribution in [0.1, 0.15) is 40.3 Å². The number of nitrogens with zero attached hydrogens (tertiary/aromatic N) is 5. The molecule has 2 aromatic heterocycles. The molecular formula is C26H25F2N5O3. The zero-order chi connectivity index (χ0) is 25.3. The van der Waals surface area contributed by atoms with Crippen LogP contribution in [0.2, 0.25) is 0 Å². The van der Waals surface area contributed by atoms with E-state index in [2.05, 4.69) is 20.0 Å². The topological polar surface area (TPSA) is 86.3 Å². The number of hydrogen-bond acceptors (Lipinski definition) is 6. The number of hydrogen-bond donors (Lipinski definition) is 0. The lowest BCUT2D eigenvalue weighted by Gasteiger charge is -2.16. The molecule has 0 aliphatic rings. The van der Waals surface area contributed by atoms with Gasteiger partial charge in [-0.05, 0) is 60.7 Å². The molecule has 0 radical (unpaired) electrons. The summed E-state index contributed by atoms with van der Waals surface area (Å²) < 4.78 is 36.0. The minimum Gasteiger partial charge on any atom is -0.444 e. The van der Waals surface area contributed by atoms with E-state index in [1.807, 2.05) is 35.1 Å². The molecule has 0 bridgehead atoms. The van der Waals surface area contributed by atoms with E-state index in [0.29, 0.717) is 0 Å². The average Bonchev–Trinajstić information content (AvgIpc) is 3.58. The van der Waals surface area contributed by atoms with E-state index in [1.54, 1.807) is 37.5 Å². The molecule has 0 aliphatic carbocycles. The molecule has 0 saturated carbocycles. The Hall–Kier alpha value is -4.34. The maximum Gasteiger partial charge on any atom is 0.387 e. The van der Waals surface area contributed by atoms with Gasteiger partial charge < -0.3 is 14.1 Å². The van der Waals surface area contributed by atoms with Gasteiger partial charge in [0.2, 0.25) is 5.89 Å². The van der Waals surface area contributed by atoms with Crippen LogP contribution >= 0.6 is 0 Å².